The predicted octanol–water partition coefficient (Wildman–Crippen LogP) is 1.80. The van der Waals surface area contributed by atoms with Crippen LogP contribution in [-0.4, -0.2) is 57.0 Å². The molecule has 1 N–H and O–H groups in total. The number of aromatic nitrogens is 3. The second kappa shape index (κ2) is 7.71. The molecule has 1 aromatic carbocycles. The van der Waals surface area contributed by atoms with E-state index >= 15 is 0 Å². The third kappa shape index (κ3) is 3.35. The van der Waals surface area contributed by atoms with Crippen molar-refractivity contribution in [3.05, 3.63) is 63.1 Å². The minimum atomic E-state index is -0.649. The molecule has 9 nitrogen and oxygen atoms in total. The Morgan fingerprint density at radius 1 is 1.13 bits per heavy atom. The summed E-state index contributed by atoms with van der Waals surface area (Å²) < 4.78 is 4.73. The summed E-state index contributed by atoms with van der Waals surface area (Å²) in [5, 5.41) is 0.329. The first-order chi connectivity index (χ1) is 14.4. The number of H-pyrrole nitrogens is 1. The summed E-state index contributed by atoms with van der Waals surface area (Å²) in [5.74, 6) is -0.994. The summed E-state index contributed by atoms with van der Waals surface area (Å²) in [4.78, 5) is 61.7. The zero-order chi connectivity index (χ0) is 21.4. The van der Waals surface area contributed by atoms with Crippen LogP contribution in [0.15, 0.2) is 40.3 Å². The maximum Gasteiger partial charge on any atom is 0.338 e. The van der Waals surface area contributed by atoms with E-state index in [2.05, 4.69) is 15.0 Å². The normalized spacial score (nSPS) is 13.1. The molecule has 2 amide bonds. The van der Waals surface area contributed by atoms with Crippen LogP contribution in [0.1, 0.15) is 36.8 Å². The maximum atomic E-state index is 12.5. The smallest absolute Gasteiger partial charge is 0.338 e. The Bertz CT molecular complexity index is 1230. The van der Waals surface area contributed by atoms with Crippen molar-refractivity contribution in [1.29, 1.82) is 0 Å². The van der Waals surface area contributed by atoms with Crippen LogP contribution < -0.4 is 5.56 Å². The summed E-state index contributed by atoms with van der Waals surface area (Å²) in [7, 11) is 1.23. The number of ether oxygens (including phenoxy) is 1. The number of carbonyl (C=O) groups is 3. The number of amides is 2. The Balaban J connectivity index is 1.54. The number of methoxy groups -OCH3 is 1. The van der Waals surface area contributed by atoms with Gasteiger partial charge in [-0.3, -0.25) is 19.3 Å². The number of nitrogens with zero attached hydrogens (tertiary/aromatic N) is 3. The molecule has 10 heteroatoms. The lowest BCUT2D eigenvalue weighted by molar-refractivity contribution is 0.0600. The number of nitrogens with one attached hydrogen (secondary N) is 1. The third-order valence-corrected chi connectivity index (χ3v) is 5.47. The monoisotopic (exact) mass is 424 g/mol. The fraction of sp³-hybridized carbons (Fsp3) is 0.200. The van der Waals surface area contributed by atoms with Gasteiger partial charge in [0.15, 0.2) is 10.8 Å². The molecule has 2 aromatic heterocycles. The van der Waals surface area contributed by atoms with Crippen molar-refractivity contribution in [3.8, 4) is 0 Å². The number of aryl methyl sites for hydroxylation is 1. The van der Waals surface area contributed by atoms with Crippen molar-refractivity contribution < 1.29 is 19.1 Å². The predicted molar refractivity (Wildman–Crippen MR) is 109 cm³/mol. The molecule has 0 fully saturated rings. The highest BCUT2D eigenvalue weighted by Gasteiger charge is 2.34. The number of hydrogen-bond acceptors (Lipinski definition) is 8. The number of aromatic amines is 1. The van der Waals surface area contributed by atoms with Crippen molar-refractivity contribution >= 4 is 40.6 Å². The maximum absolute atomic E-state index is 12.5. The minimum Gasteiger partial charge on any atom is -0.465 e. The van der Waals surface area contributed by atoms with E-state index in [1.165, 1.54) is 29.8 Å². The fourth-order valence-electron chi connectivity index (χ4n) is 3.26. The Kier molecular flexibility index (Phi) is 5.08. The molecule has 1 aliphatic heterocycles. The summed E-state index contributed by atoms with van der Waals surface area (Å²) in [5.41, 5.74) is 0.998. The average molecular weight is 424 g/mol. The zero-order valence-corrected chi connectivity index (χ0v) is 16.9. The van der Waals surface area contributed by atoms with Gasteiger partial charge < -0.3 is 9.72 Å². The molecule has 1 aliphatic rings. The van der Waals surface area contributed by atoms with Crippen LogP contribution >= 0.6 is 11.8 Å². The minimum absolute atomic E-state index is 0.0529. The number of carbonyl (C=O) groups excluding carboxylic acids is 3. The number of rotatable bonds is 5. The largest absolute Gasteiger partial charge is 0.465 e. The highest BCUT2D eigenvalue weighted by atomic mass is 32.2. The lowest BCUT2D eigenvalue weighted by Gasteiger charge is -2.13. The number of thioether (sulfide) groups is 1. The third-order valence-electron chi connectivity index (χ3n) is 4.62. The number of fused-ring (bicyclic) bond motifs is 2. The molecular formula is C20H16N4O5S. The molecule has 3 heterocycles. The Morgan fingerprint density at radius 3 is 2.43 bits per heavy atom. The molecular weight excluding hydrogens is 408 g/mol. The summed E-state index contributed by atoms with van der Waals surface area (Å²) in [6, 6.07) is 8.14. The van der Waals surface area contributed by atoms with Crippen molar-refractivity contribution in [3.63, 3.8) is 0 Å². The average Bonchev–Trinajstić information content (AvgIpc) is 2.97. The van der Waals surface area contributed by atoms with Gasteiger partial charge in [-0.15, -0.1) is 0 Å². The van der Waals surface area contributed by atoms with Gasteiger partial charge in [-0.1, -0.05) is 23.9 Å². The number of benzene rings is 1. The highest BCUT2D eigenvalue weighted by Crippen LogP contribution is 2.24. The van der Waals surface area contributed by atoms with E-state index < -0.39 is 11.5 Å². The van der Waals surface area contributed by atoms with Gasteiger partial charge in [-0.25, -0.2) is 14.8 Å². The van der Waals surface area contributed by atoms with Gasteiger partial charge in [0.1, 0.15) is 0 Å². The van der Waals surface area contributed by atoms with E-state index in [0.29, 0.717) is 22.6 Å². The Hall–Kier alpha value is -3.53. The van der Waals surface area contributed by atoms with Crippen molar-refractivity contribution in [2.45, 2.75) is 12.1 Å². The van der Waals surface area contributed by atoms with Crippen molar-refractivity contribution in [2.75, 3.05) is 19.4 Å². The van der Waals surface area contributed by atoms with Crippen LogP contribution in [0.25, 0.3) is 11.0 Å². The van der Waals surface area contributed by atoms with Gasteiger partial charge in [-0.05, 0) is 25.1 Å². The number of pyridine rings is 1. The van der Waals surface area contributed by atoms with Crippen molar-refractivity contribution in [1.82, 2.24) is 19.9 Å². The van der Waals surface area contributed by atoms with Gasteiger partial charge in [0.25, 0.3) is 17.4 Å². The molecule has 30 heavy (non-hydrogen) atoms. The van der Waals surface area contributed by atoms with Crippen LogP contribution in [0.5, 0.6) is 0 Å². The second-order valence-electron chi connectivity index (χ2n) is 6.53. The SMILES string of the molecule is COC(=O)c1cc(C)nc2nc(SCCN3C(=O)c4ccccc4C3=O)[nH]c(=O)c12. The van der Waals surface area contributed by atoms with Crippen LogP contribution in [0.4, 0.5) is 0 Å². The molecule has 4 rings (SSSR count). The van der Waals surface area contributed by atoms with Gasteiger partial charge >= 0.3 is 5.97 Å². The van der Waals surface area contributed by atoms with Crippen LogP contribution in [0.2, 0.25) is 0 Å². The topological polar surface area (TPSA) is 122 Å². The standard InChI is InChI=1S/C20H16N4O5S/c1-10-9-13(19(28)29-2)14-15(21-10)22-20(23-16(14)25)30-8-7-24-17(26)11-5-3-4-6-12(11)18(24)27/h3-6,9H,7-8H2,1-2H3,(H,21,22,23,25). The molecule has 0 saturated heterocycles. The van der Waals surface area contributed by atoms with E-state index in [-0.39, 0.29) is 40.1 Å². The Morgan fingerprint density at radius 2 is 1.80 bits per heavy atom. The molecule has 0 aliphatic carbocycles. The van der Waals surface area contributed by atoms with E-state index in [0.717, 1.165) is 0 Å². The van der Waals surface area contributed by atoms with Crippen LogP contribution in [-0.2, 0) is 4.74 Å². The van der Waals surface area contributed by atoms with E-state index in [9.17, 15) is 19.2 Å². The number of hydrogen-bond donors (Lipinski definition) is 1. The summed E-state index contributed by atoms with van der Waals surface area (Å²) in [6.07, 6.45) is 0. The van der Waals surface area contributed by atoms with E-state index in [1.54, 1.807) is 31.2 Å². The molecule has 0 unspecified atom stereocenters. The van der Waals surface area contributed by atoms with Gasteiger partial charge in [0.2, 0.25) is 0 Å². The van der Waals surface area contributed by atoms with E-state index in [4.69, 9.17) is 4.74 Å². The van der Waals surface area contributed by atoms with Crippen LogP contribution in [0, 0.1) is 6.92 Å². The van der Waals surface area contributed by atoms with Gasteiger partial charge in [0, 0.05) is 18.0 Å². The molecule has 0 bridgehead atoms. The molecule has 0 saturated carbocycles. The molecule has 0 spiro atoms. The highest BCUT2D eigenvalue weighted by molar-refractivity contribution is 7.99. The first kappa shape index (κ1) is 19.8. The quantitative estimate of drug-likeness (QED) is 0.285. The van der Waals surface area contributed by atoms with Gasteiger partial charge in [-0.2, -0.15) is 0 Å². The molecule has 3 aromatic rings. The Labute approximate surface area is 174 Å². The fourth-order valence-corrected chi connectivity index (χ4v) is 4.04. The molecule has 152 valence electrons. The zero-order valence-electron chi connectivity index (χ0n) is 16.1. The summed E-state index contributed by atoms with van der Waals surface area (Å²) in [6.45, 7) is 1.84. The lowest BCUT2D eigenvalue weighted by atomic mass is 10.1. The number of esters is 1. The first-order valence-corrected chi connectivity index (χ1v) is 9.97. The first-order valence-electron chi connectivity index (χ1n) is 8.98. The van der Waals surface area contributed by atoms with E-state index in [1.807, 2.05) is 0 Å². The number of imide groups is 1. The molecule has 0 atom stereocenters. The van der Waals surface area contributed by atoms with Crippen LogP contribution in [0.3, 0.4) is 0 Å². The lowest BCUT2D eigenvalue weighted by Crippen LogP contribution is -2.31. The van der Waals surface area contributed by atoms with Crippen molar-refractivity contribution in [2.24, 2.45) is 0 Å². The summed E-state index contributed by atoms with van der Waals surface area (Å²) >= 11 is 1.18. The molecule has 0 radical (unpaired) electrons. The second-order valence-corrected chi connectivity index (χ2v) is 7.61. The van der Waals surface area contributed by atoms with Gasteiger partial charge in [0.05, 0.1) is 29.2 Å².